The summed E-state index contributed by atoms with van der Waals surface area (Å²) in [5.74, 6) is 1.65. The zero-order valence-electron chi connectivity index (χ0n) is 14.8. The quantitative estimate of drug-likeness (QED) is 0.642. The molecule has 0 aliphatic heterocycles. The highest BCUT2D eigenvalue weighted by atomic mass is 16.5. The molecule has 0 aliphatic carbocycles. The van der Waals surface area contributed by atoms with Crippen molar-refractivity contribution in [2.45, 2.75) is 13.2 Å². The van der Waals surface area contributed by atoms with Gasteiger partial charge in [0, 0.05) is 19.2 Å². The second kappa shape index (κ2) is 8.25. The summed E-state index contributed by atoms with van der Waals surface area (Å²) in [7, 11) is 3.37. The van der Waals surface area contributed by atoms with E-state index in [0.717, 1.165) is 22.6 Å². The van der Waals surface area contributed by atoms with Gasteiger partial charge in [0.2, 0.25) is 0 Å². The Morgan fingerprint density at radius 2 is 1.73 bits per heavy atom. The van der Waals surface area contributed by atoms with Crippen LogP contribution in [0.25, 0.3) is 0 Å². The van der Waals surface area contributed by atoms with E-state index in [0.29, 0.717) is 12.3 Å². The molecule has 0 unspecified atom stereocenters. The zero-order valence-corrected chi connectivity index (χ0v) is 14.8. The molecule has 0 aliphatic rings. The molecule has 3 rings (SSSR count). The monoisotopic (exact) mass is 351 g/mol. The van der Waals surface area contributed by atoms with Crippen LogP contribution in [-0.2, 0) is 13.2 Å². The minimum atomic E-state index is -0.183. The number of ether oxygens (including phenoxy) is 2. The van der Waals surface area contributed by atoms with Gasteiger partial charge < -0.3 is 18.8 Å². The van der Waals surface area contributed by atoms with Gasteiger partial charge in [-0.1, -0.05) is 30.3 Å². The van der Waals surface area contributed by atoms with Crippen molar-refractivity contribution in [3.05, 3.63) is 83.8 Å². The van der Waals surface area contributed by atoms with E-state index in [1.165, 1.54) is 6.26 Å². The minimum Gasteiger partial charge on any atom is -0.497 e. The lowest BCUT2D eigenvalue weighted by Gasteiger charge is -2.17. The Labute approximate surface area is 152 Å². The third-order valence-corrected chi connectivity index (χ3v) is 4.00. The molecule has 5 nitrogen and oxygen atoms in total. The Kier molecular flexibility index (Phi) is 5.59. The van der Waals surface area contributed by atoms with E-state index in [1.54, 1.807) is 25.1 Å². The SMILES string of the molecule is COc1ccc(CN(C)C(=O)c2occc2COc2ccccc2)cc1. The van der Waals surface area contributed by atoms with Crippen LogP contribution in [-0.4, -0.2) is 25.0 Å². The Bertz CT molecular complexity index is 840. The second-order valence-corrected chi connectivity index (χ2v) is 5.89. The number of amides is 1. The predicted molar refractivity (Wildman–Crippen MR) is 98.3 cm³/mol. The maximum absolute atomic E-state index is 12.7. The summed E-state index contributed by atoms with van der Waals surface area (Å²) in [6, 6.07) is 18.9. The summed E-state index contributed by atoms with van der Waals surface area (Å²) >= 11 is 0. The van der Waals surface area contributed by atoms with Gasteiger partial charge in [-0.25, -0.2) is 0 Å². The summed E-state index contributed by atoms with van der Waals surface area (Å²) in [6.07, 6.45) is 1.51. The lowest BCUT2D eigenvalue weighted by Crippen LogP contribution is -2.26. The van der Waals surface area contributed by atoms with Crippen molar-refractivity contribution >= 4 is 5.91 Å². The van der Waals surface area contributed by atoms with E-state index < -0.39 is 0 Å². The fourth-order valence-corrected chi connectivity index (χ4v) is 2.56. The van der Waals surface area contributed by atoms with E-state index >= 15 is 0 Å². The third-order valence-electron chi connectivity index (χ3n) is 4.00. The maximum atomic E-state index is 12.7. The van der Waals surface area contributed by atoms with Crippen molar-refractivity contribution in [2.75, 3.05) is 14.2 Å². The van der Waals surface area contributed by atoms with Crippen LogP contribution < -0.4 is 9.47 Å². The van der Waals surface area contributed by atoms with Crippen molar-refractivity contribution in [1.82, 2.24) is 4.90 Å². The fraction of sp³-hybridized carbons (Fsp3) is 0.190. The molecule has 0 saturated heterocycles. The number of rotatable bonds is 7. The van der Waals surface area contributed by atoms with Gasteiger partial charge in [-0.15, -0.1) is 0 Å². The van der Waals surface area contributed by atoms with Gasteiger partial charge in [-0.3, -0.25) is 4.79 Å². The number of hydrogen-bond acceptors (Lipinski definition) is 4. The number of nitrogens with zero attached hydrogens (tertiary/aromatic N) is 1. The third kappa shape index (κ3) is 4.25. The van der Waals surface area contributed by atoms with Gasteiger partial charge in [0.25, 0.3) is 5.91 Å². The Morgan fingerprint density at radius 1 is 1.00 bits per heavy atom. The van der Waals surface area contributed by atoms with Crippen LogP contribution in [0.15, 0.2) is 71.3 Å². The smallest absolute Gasteiger partial charge is 0.290 e. The van der Waals surface area contributed by atoms with Crippen LogP contribution in [0, 0.1) is 0 Å². The van der Waals surface area contributed by atoms with Crippen LogP contribution in [0.5, 0.6) is 11.5 Å². The molecular formula is C21H21NO4. The summed E-state index contributed by atoms with van der Waals surface area (Å²) < 4.78 is 16.3. The molecule has 0 radical (unpaired) electrons. The fourth-order valence-electron chi connectivity index (χ4n) is 2.56. The van der Waals surface area contributed by atoms with Crippen LogP contribution in [0.4, 0.5) is 0 Å². The first kappa shape index (κ1) is 17.6. The van der Waals surface area contributed by atoms with Crippen molar-refractivity contribution in [3.8, 4) is 11.5 Å². The number of methoxy groups -OCH3 is 1. The second-order valence-electron chi connectivity index (χ2n) is 5.89. The van der Waals surface area contributed by atoms with Gasteiger partial charge in [0.15, 0.2) is 5.76 Å². The Morgan fingerprint density at radius 3 is 2.42 bits per heavy atom. The molecule has 1 aromatic heterocycles. The molecule has 0 atom stereocenters. The Hall–Kier alpha value is -3.21. The molecule has 2 aromatic carbocycles. The first-order valence-corrected chi connectivity index (χ1v) is 8.30. The highest BCUT2D eigenvalue weighted by Gasteiger charge is 2.20. The number of furan rings is 1. The summed E-state index contributed by atoms with van der Waals surface area (Å²) in [4.78, 5) is 14.3. The highest BCUT2D eigenvalue weighted by molar-refractivity contribution is 5.92. The standard InChI is InChI=1S/C21H21NO4/c1-22(14-16-8-10-18(24-2)11-9-16)21(23)20-17(12-13-25-20)15-26-19-6-4-3-5-7-19/h3-13H,14-15H2,1-2H3. The van der Waals surface area contributed by atoms with Gasteiger partial charge in [0.1, 0.15) is 18.1 Å². The van der Waals surface area contributed by atoms with Crippen LogP contribution >= 0.6 is 0 Å². The van der Waals surface area contributed by atoms with E-state index in [-0.39, 0.29) is 12.5 Å². The van der Waals surface area contributed by atoms with Crippen molar-refractivity contribution in [2.24, 2.45) is 0 Å². The van der Waals surface area contributed by atoms with Gasteiger partial charge in [-0.05, 0) is 35.9 Å². The lowest BCUT2D eigenvalue weighted by atomic mass is 10.2. The number of para-hydroxylation sites is 1. The average Bonchev–Trinajstić information content (AvgIpc) is 3.15. The lowest BCUT2D eigenvalue weighted by molar-refractivity contribution is 0.0749. The first-order valence-electron chi connectivity index (χ1n) is 8.30. The molecule has 1 heterocycles. The van der Waals surface area contributed by atoms with Crippen LogP contribution in [0.2, 0.25) is 0 Å². The molecule has 26 heavy (non-hydrogen) atoms. The summed E-state index contributed by atoms with van der Waals surface area (Å²) in [6.45, 7) is 0.750. The van der Waals surface area contributed by atoms with Gasteiger partial charge in [-0.2, -0.15) is 0 Å². The molecule has 0 saturated carbocycles. The Balaban J connectivity index is 1.64. The number of benzene rings is 2. The topological polar surface area (TPSA) is 51.9 Å². The maximum Gasteiger partial charge on any atom is 0.290 e. The molecule has 5 heteroatoms. The van der Waals surface area contributed by atoms with E-state index in [2.05, 4.69) is 0 Å². The molecule has 1 amide bonds. The zero-order chi connectivity index (χ0) is 18.4. The van der Waals surface area contributed by atoms with E-state index in [4.69, 9.17) is 13.9 Å². The molecule has 134 valence electrons. The number of hydrogen-bond donors (Lipinski definition) is 0. The predicted octanol–water partition coefficient (Wildman–Crippen LogP) is 4.14. The number of carbonyl (C=O) groups is 1. The molecule has 0 fully saturated rings. The van der Waals surface area contributed by atoms with Crippen LogP contribution in [0.3, 0.4) is 0 Å². The van der Waals surface area contributed by atoms with E-state index in [1.807, 2.05) is 54.6 Å². The molecule has 3 aromatic rings. The molecular weight excluding hydrogens is 330 g/mol. The highest BCUT2D eigenvalue weighted by Crippen LogP contribution is 2.18. The molecule has 0 N–H and O–H groups in total. The largest absolute Gasteiger partial charge is 0.497 e. The number of carbonyl (C=O) groups excluding carboxylic acids is 1. The van der Waals surface area contributed by atoms with Crippen molar-refractivity contribution < 1.29 is 18.7 Å². The van der Waals surface area contributed by atoms with Crippen molar-refractivity contribution in [3.63, 3.8) is 0 Å². The van der Waals surface area contributed by atoms with Crippen molar-refractivity contribution in [1.29, 1.82) is 0 Å². The minimum absolute atomic E-state index is 0.183. The van der Waals surface area contributed by atoms with E-state index in [9.17, 15) is 4.79 Å². The van der Waals surface area contributed by atoms with Crippen LogP contribution in [0.1, 0.15) is 21.7 Å². The van der Waals surface area contributed by atoms with Gasteiger partial charge >= 0.3 is 0 Å². The summed E-state index contributed by atoms with van der Waals surface area (Å²) in [5.41, 5.74) is 1.73. The first-order chi connectivity index (χ1) is 12.7. The molecule has 0 spiro atoms. The molecule has 0 bridgehead atoms. The van der Waals surface area contributed by atoms with Gasteiger partial charge in [0.05, 0.1) is 13.4 Å². The summed E-state index contributed by atoms with van der Waals surface area (Å²) in [5, 5.41) is 0. The average molecular weight is 351 g/mol. The normalized spacial score (nSPS) is 10.4.